The van der Waals surface area contributed by atoms with Gasteiger partial charge in [-0.2, -0.15) is 4.98 Å². The molecule has 9 heteroatoms. The van der Waals surface area contributed by atoms with Crippen molar-refractivity contribution in [2.75, 3.05) is 11.1 Å². The molecule has 26 heavy (non-hydrogen) atoms. The zero-order valence-electron chi connectivity index (χ0n) is 14.1. The second-order valence-electron chi connectivity index (χ2n) is 6.14. The molecule has 8 nitrogen and oxygen atoms in total. The number of thioether (sulfide) groups is 1. The number of fused-ring (bicyclic) bond motifs is 1. The first-order chi connectivity index (χ1) is 12.6. The number of hydrogen-bond donors (Lipinski definition) is 1. The van der Waals surface area contributed by atoms with E-state index in [1.165, 1.54) is 23.9 Å². The molecule has 2 heterocycles. The summed E-state index contributed by atoms with van der Waals surface area (Å²) in [6.07, 6.45) is 2.03. The Morgan fingerprint density at radius 3 is 3.04 bits per heavy atom. The molecule has 0 saturated carbocycles. The lowest BCUT2D eigenvalue weighted by molar-refractivity contribution is -0.384. The van der Waals surface area contributed by atoms with Gasteiger partial charge in [-0.1, -0.05) is 30.8 Å². The highest BCUT2D eigenvalue weighted by Gasteiger charge is 2.37. The lowest BCUT2D eigenvalue weighted by Crippen LogP contribution is -2.31. The number of rotatable bonds is 4. The number of carbonyl (C=O) groups is 1. The SMILES string of the molecule is CCSc1nc2n(n1)[C@@H](c1cccc([N+](=O)[O-])c1)C1=C(CCCC1=O)N2. The highest BCUT2D eigenvalue weighted by atomic mass is 32.2. The van der Waals surface area contributed by atoms with Crippen LogP contribution >= 0.6 is 11.8 Å². The van der Waals surface area contributed by atoms with Crippen molar-refractivity contribution in [1.29, 1.82) is 0 Å². The molecule has 1 N–H and O–H groups in total. The Morgan fingerprint density at radius 2 is 2.27 bits per heavy atom. The number of anilines is 1. The van der Waals surface area contributed by atoms with Crippen LogP contribution in [-0.4, -0.2) is 31.2 Å². The van der Waals surface area contributed by atoms with E-state index in [1.807, 2.05) is 6.92 Å². The van der Waals surface area contributed by atoms with E-state index in [1.54, 1.807) is 16.8 Å². The number of nitro benzene ring substituents is 1. The van der Waals surface area contributed by atoms with Crippen LogP contribution in [-0.2, 0) is 4.79 Å². The number of carbonyl (C=O) groups excluding carboxylic acids is 1. The van der Waals surface area contributed by atoms with E-state index in [-0.39, 0.29) is 11.5 Å². The largest absolute Gasteiger partial charge is 0.328 e. The number of non-ortho nitro benzene ring substituents is 1. The Hall–Kier alpha value is -2.68. The first-order valence-electron chi connectivity index (χ1n) is 8.45. The molecule has 0 unspecified atom stereocenters. The summed E-state index contributed by atoms with van der Waals surface area (Å²) in [5.74, 6) is 1.46. The normalized spacial score (nSPS) is 19.0. The smallest absolute Gasteiger partial charge is 0.269 e. The first kappa shape index (κ1) is 16.8. The molecule has 0 spiro atoms. The van der Waals surface area contributed by atoms with Crippen molar-refractivity contribution in [3.63, 3.8) is 0 Å². The molecule has 0 fully saturated rings. The maximum atomic E-state index is 12.7. The lowest BCUT2D eigenvalue weighted by atomic mass is 9.85. The number of aromatic nitrogens is 3. The van der Waals surface area contributed by atoms with E-state index in [9.17, 15) is 14.9 Å². The zero-order chi connectivity index (χ0) is 18.3. The summed E-state index contributed by atoms with van der Waals surface area (Å²) in [6.45, 7) is 2.02. The van der Waals surface area contributed by atoms with E-state index in [4.69, 9.17) is 0 Å². The molecule has 2 aromatic rings. The molecule has 0 radical (unpaired) electrons. The highest BCUT2D eigenvalue weighted by Crippen LogP contribution is 2.41. The van der Waals surface area contributed by atoms with Crippen LogP contribution in [0.2, 0.25) is 0 Å². The minimum Gasteiger partial charge on any atom is -0.328 e. The van der Waals surface area contributed by atoms with Gasteiger partial charge in [-0.05, 0) is 24.2 Å². The maximum absolute atomic E-state index is 12.7. The van der Waals surface area contributed by atoms with Crippen molar-refractivity contribution in [1.82, 2.24) is 14.8 Å². The Bertz CT molecular complexity index is 936. The van der Waals surface area contributed by atoms with Crippen molar-refractivity contribution in [2.24, 2.45) is 0 Å². The van der Waals surface area contributed by atoms with E-state index < -0.39 is 11.0 Å². The van der Waals surface area contributed by atoms with Crippen molar-refractivity contribution in [3.8, 4) is 0 Å². The standard InChI is InChI=1S/C17H17N5O3S/c1-2-26-17-19-16-18-12-7-4-8-13(23)14(12)15(21(16)20-17)10-5-3-6-11(9-10)22(24)25/h3,5-6,9,15H,2,4,7-8H2,1H3,(H,18,19,20)/t15-/m0/s1. The van der Waals surface area contributed by atoms with Crippen LogP contribution in [0.1, 0.15) is 37.8 Å². The van der Waals surface area contributed by atoms with Gasteiger partial charge in [0, 0.05) is 29.8 Å². The maximum Gasteiger partial charge on any atom is 0.269 e. The molecule has 1 aromatic heterocycles. The average molecular weight is 371 g/mol. The van der Waals surface area contributed by atoms with E-state index in [0.717, 1.165) is 24.3 Å². The molecule has 134 valence electrons. The summed E-state index contributed by atoms with van der Waals surface area (Å²) < 4.78 is 1.68. The summed E-state index contributed by atoms with van der Waals surface area (Å²) in [6, 6.07) is 5.91. The molecule has 1 aliphatic heterocycles. The van der Waals surface area contributed by atoms with E-state index in [0.29, 0.717) is 28.7 Å². The third-order valence-corrected chi connectivity index (χ3v) is 5.24. The molecular formula is C17H17N5O3S. The van der Waals surface area contributed by atoms with Crippen LogP contribution < -0.4 is 5.32 Å². The van der Waals surface area contributed by atoms with Crippen LogP contribution in [0.25, 0.3) is 0 Å². The van der Waals surface area contributed by atoms with Crippen molar-refractivity contribution in [2.45, 2.75) is 37.4 Å². The number of nitrogens with one attached hydrogen (secondary N) is 1. The minimum atomic E-state index is -0.493. The Balaban J connectivity index is 1.88. The van der Waals surface area contributed by atoms with Gasteiger partial charge in [0.25, 0.3) is 5.69 Å². The van der Waals surface area contributed by atoms with Crippen molar-refractivity contribution in [3.05, 3.63) is 51.2 Å². The quantitative estimate of drug-likeness (QED) is 0.499. The fraction of sp³-hybridized carbons (Fsp3) is 0.353. The van der Waals surface area contributed by atoms with Gasteiger partial charge in [0.1, 0.15) is 6.04 Å². The number of benzene rings is 1. The fourth-order valence-corrected chi connectivity index (χ4v) is 4.00. The highest BCUT2D eigenvalue weighted by molar-refractivity contribution is 7.99. The van der Waals surface area contributed by atoms with Gasteiger partial charge in [-0.15, -0.1) is 5.10 Å². The number of ketones is 1. The predicted molar refractivity (Wildman–Crippen MR) is 97.2 cm³/mol. The van der Waals surface area contributed by atoms with E-state index in [2.05, 4.69) is 15.4 Å². The molecule has 1 aliphatic carbocycles. The molecule has 0 bridgehead atoms. The molecule has 2 aliphatic rings. The number of nitro groups is 1. The number of nitrogens with zero attached hydrogens (tertiary/aromatic N) is 4. The Kier molecular flexibility index (Phi) is 4.23. The number of allylic oxidation sites excluding steroid dienone is 2. The molecule has 1 aromatic carbocycles. The van der Waals surface area contributed by atoms with Gasteiger partial charge in [0.2, 0.25) is 11.1 Å². The van der Waals surface area contributed by atoms with Crippen LogP contribution in [0, 0.1) is 10.1 Å². The van der Waals surface area contributed by atoms with Gasteiger partial charge in [-0.3, -0.25) is 14.9 Å². The van der Waals surface area contributed by atoms with Gasteiger partial charge < -0.3 is 5.32 Å². The van der Waals surface area contributed by atoms with E-state index >= 15 is 0 Å². The molecule has 4 rings (SSSR count). The Morgan fingerprint density at radius 1 is 1.42 bits per heavy atom. The number of hydrogen-bond acceptors (Lipinski definition) is 7. The third-order valence-electron chi connectivity index (χ3n) is 4.52. The topological polar surface area (TPSA) is 103 Å². The van der Waals surface area contributed by atoms with Crippen molar-refractivity contribution < 1.29 is 9.72 Å². The van der Waals surface area contributed by atoms with Crippen LogP contribution in [0.4, 0.5) is 11.6 Å². The van der Waals surface area contributed by atoms with Crippen LogP contribution in [0.15, 0.2) is 40.7 Å². The molecular weight excluding hydrogens is 354 g/mol. The molecule has 0 amide bonds. The number of Topliss-reactive ketones (excluding diaryl/α,β-unsaturated/α-hetero) is 1. The third kappa shape index (κ3) is 2.78. The zero-order valence-corrected chi connectivity index (χ0v) is 15.0. The van der Waals surface area contributed by atoms with Gasteiger partial charge in [-0.25, -0.2) is 4.68 Å². The lowest BCUT2D eigenvalue weighted by Gasteiger charge is -2.32. The summed E-state index contributed by atoms with van der Waals surface area (Å²) >= 11 is 1.51. The van der Waals surface area contributed by atoms with Crippen LogP contribution in [0.3, 0.4) is 0 Å². The second-order valence-corrected chi connectivity index (χ2v) is 7.38. The predicted octanol–water partition coefficient (Wildman–Crippen LogP) is 3.32. The fourth-order valence-electron chi connectivity index (χ4n) is 3.44. The summed E-state index contributed by atoms with van der Waals surface area (Å²) in [5.41, 5.74) is 2.16. The first-order valence-corrected chi connectivity index (χ1v) is 9.44. The summed E-state index contributed by atoms with van der Waals surface area (Å²) in [7, 11) is 0. The molecule has 1 atom stereocenters. The summed E-state index contributed by atoms with van der Waals surface area (Å²) in [4.78, 5) is 28.0. The van der Waals surface area contributed by atoms with Crippen LogP contribution in [0.5, 0.6) is 0 Å². The average Bonchev–Trinajstić information content (AvgIpc) is 3.02. The van der Waals surface area contributed by atoms with Gasteiger partial charge in [0.15, 0.2) is 5.78 Å². The second kappa shape index (κ2) is 6.56. The molecule has 0 saturated heterocycles. The van der Waals surface area contributed by atoms with Gasteiger partial charge in [0.05, 0.1) is 4.92 Å². The van der Waals surface area contributed by atoms with Gasteiger partial charge >= 0.3 is 0 Å². The minimum absolute atomic E-state index is 0.00346. The van der Waals surface area contributed by atoms with Crippen molar-refractivity contribution >= 4 is 29.2 Å². The monoisotopic (exact) mass is 371 g/mol. The Labute approximate surface area is 153 Å². The summed E-state index contributed by atoms with van der Waals surface area (Å²) in [5, 5.41) is 19.6.